The fourth-order valence-electron chi connectivity index (χ4n) is 4.08. The van der Waals surface area contributed by atoms with Gasteiger partial charge in [0.1, 0.15) is 12.3 Å². The van der Waals surface area contributed by atoms with E-state index in [1.54, 1.807) is 41.3 Å². The highest BCUT2D eigenvalue weighted by Gasteiger charge is 2.37. The molecule has 0 unspecified atom stereocenters. The monoisotopic (exact) mass is 502 g/mol. The molecule has 182 valence electrons. The molecule has 2 aliphatic heterocycles. The lowest BCUT2D eigenvalue weighted by atomic mass is 10.0. The summed E-state index contributed by atoms with van der Waals surface area (Å²) in [5.41, 5.74) is 0.890. The summed E-state index contributed by atoms with van der Waals surface area (Å²) in [6, 6.07) is 19.7. The van der Waals surface area contributed by atoms with Crippen molar-refractivity contribution in [1.29, 1.82) is 0 Å². The smallest absolute Gasteiger partial charge is 0.344 e. The summed E-state index contributed by atoms with van der Waals surface area (Å²) in [6.45, 7) is 1.41. The van der Waals surface area contributed by atoms with Crippen molar-refractivity contribution in [2.24, 2.45) is 0 Å². The third-order valence-electron chi connectivity index (χ3n) is 5.95. The predicted octanol–water partition coefficient (Wildman–Crippen LogP) is 3.95. The molecular formula is C27H22N2O6S. The Labute approximate surface area is 211 Å². The molecule has 0 N–H and O–H groups in total. The lowest BCUT2D eigenvalue weighted by Gasteiger charge is -2.28. The molecule has 36 heavy (non-hydrogen) atoms. The van der Waals surface area contributed by atoms with Crippen molar-refractivity contribution in [3.05, 3.63) is 82.8 Å². The average Bonchev–Trinajstić information content (AvgIpc) is 3.17. The number of hydrogen-bond donors (Lipinski definition) is 0. The molecule has 0 radical (unpaired) electrons. The minimum absolute atomic E-state index is 0.156. The summed E-state index contributed by atoms with van der Waals surface area (Å²) in [7, 11) is 0. The van der Waals surface area contributed by atoms with Gasteiger partial charge in [-0.1, -0.05) is 54.6 Å². The number of para-hydroxylation sites is 1. The van der Waals surface area contributed by atoms with Gasteiger partial charge in [0.15, 0.2) is 0 Å². The van der Waals surface area contributed by atoms with Gasteiger partial charge in [-0.2, -0.15) is 0 Å². The Bertz CT molecular complexity index is 1390. The highest BCUT2D eigenvalue weighted by atomic mass is 32.2. The van der Waals surface area contributed by atoms with E-state index in [-0.39, 0.29) is 23.1 Å². The Morgan fingerprint density at radius 2 is 1.67 bits per heavy atom. The van der Waals surface area contributed by atoms with Gasteiger partial charge >= 0.3 is 5.97 Å². The van der Waals surface area contributed by atoms with Gasteiger partial charge in [0.2, 0.25) is 5.91 Å². The number of rotatable bonds is 5. The molecule has 8 nitrogen and oxygen atoms in total. The number of hydrogen-bond acceptors (Lipinski definition) is 7. The second-order valence-electron chi connectivity index (χ2n) is 8.22. The Morgan fingerprint density at radius 3 is 2.50 bits per heavy atom. The molecule has 0 spiro atoms. The average molecular weight is 503 g/mol. The van der Waals surface area contributed by atoms with E-state index in [1.807, 2.05) is 30.3 Å². The van der Waals surface area contributed by atoms with Crippen LogP contribution in [0.4, 0.5) is 4.79 Å². The summed E-state index contributed by atoms with van der Waals surface area (Å²) < 4.78 is 11.0. The van der Waals surface area contributed by atoms with Crippen LogP contribution < -0.4 is 4.74 Å². The van der Waals surface area contributed by atoms with Crippen LogP contribution in [-0.4, -0.2) is 65.7 Å². The molecule has 3 amide bonds. The van der Waals surface area contributed by atoms with Gasteiger partial charge in [0.05, 0.1) is 23.7 Å². The van der Waals surface area contributed by atoms with Crippen LogP contribution in [0.2, 0.25) is 0 Å². The van der Waals surface area contributed by atoms with Gasteiger partial charge in [-0.3, -0.25) is 19.3 Å². The first-order valence-electron chi connectivity index (χ1n) is 11.4. The van der Waals surface area contributed by atoms with E-state index < -0.39 is 17.1 Å². The summed E-state index contributed by atoms with van der Waals surface area (Å²) >= 11 is 0.754. The molecule has 0 aliphatic carbocycles. The largest absolute Gasteiger partial charge is 0.422 e. The van der Waals surface area contributed by atoms with Crippen molar-refractivity contribution in [1.82, 2.24) is 9.80 Å². The van der Waals surface area contributed by atoms with Gasteiger partial charge in [0, 0.05) is 18.7 Å². The summed E-state index contributed by atoms with van der Waals surface area (Å²) in [4.78, 5) is 53.7. The van der Waals surface area contributed by atoms with Crippen molar-refractivity contribution in [3.8, 4) is 5.75 Å². The highest BCUT2D eigenvalue weighted by molar-refractivity contribution is 8.18. The number of imide groups is 1. The Balaban J connectivity index is 1.35. The fourth-order valence-corrected chi connectivity index (χ4v) is 4.91. The van der Waals surface area contributed by atoms with Crippen LogP contribution in [0.15, 0.2) is 71.6 Å². The van der Waals surface area contributed by atoms with Crippen LogP contribution in [0.5, 0.6) is 5.75 Å². The number of ether oxygens (including phenoxy) is 2. The molecule has 2 saturated heterocycles. The minimum atomic E-state index is -0.554. The van der Waals surface area contributed by atoms with Crippen LogP contribution in [0, 0.1) is 0 Å². The fraction of sp³-hybridized carbons (Fsp3) is 0.185. The maximum absolute atomic E-state index is 13.0. The molecule has 0 aromatic heterocycles. The quantitative estimate of drug-likeness (QED) is 0.296. The van der Waals surface area contributed by atoms with Crippen LogP contribution in [0.3, 0.4) is 0 Å². The SMILES string of the molecule is O=C(Oc1ccccc1/C=C1\SC(=O)N(CC(=O)N2CCOCC2)C1=O)c1cccc2ccccc12. The lowest BCUT2D eigenvalue weighted by molar-refractivity contribution is -0.139. The van der Waals surface area contributed by atoms with Gasteiger partial charge < -0.3 is 14.4 Å². The van der Waals surface area contributed by atoms with E-state index in [0.717, 1.165) is 27.4 Å². The summed E-state index contributed by atoms with van der Waals surface area (Å²) in [6.07, 6.45) is 1.51. The predicted molar refractivity (Wildman–Crippen MR) is 135 cm³/mol. The molecule has 3 aromatic rings. The number of nitrogens with zero attached hydrogens (tertiary/aromatic N) is 2. The van der Waals surface area contributed by atoms with Crippen molar-refractivity contribution in [3.63, 3.8) is 0 Å². The zero-order valence-electron chi connectivity index (χ0n) is 19.2. The number of carbonyl (C=O) groups is 4. The third-order valence-corrected chi connectivity index (χ3v) is 6.86. The first-order chi connectivity index (χ1) is 17.5. The topological polar surface area (TPSA) is 93.2 Å². The molecular weight excluding hydrogens is 480 g/mol. The number of fused-ring (bicyclic) bond motifs is 1. The van der Waals surface area contributed by atoms with Gasteiger partial charge in [0.25, 0.3) is 11.1 Å². The molecule has 0 atom stereocenters. The molecule has 2 heterocycles. The Kier molecular flexibility index (Phi) is 6.84. The van der Waals surface area contributed by atoms with Gasteiger partial charge in [-0.25, -0.2) is 4.79 Å². The maximum atomic E-state index is 13.0. The van der Waals surface area contributed by atoms with Crippen molar-refractivity contribution < 1.29 is 28.7 Å². The molecule has 2 aliphatic rings. The number of amides is 3. The Morgan fingerprint density at radius 1 is 0.944 bits per heavy atom. The van der Waals surface area contributed by atoms with Gasteiger partial charge in [-0.05, 0) is 40.7 Å². The van der Waals surface area contributed by atoms with Crippen LogP contribution in [-0.2, 0) is 14.3 Å². The number of benzene rings is 3. The van der Waals surface area contributed by atoms with Crippen molar-refractivity contribution in [2.45, 2.75) is 0 Å². The van der Waals surface area contributed by atoms with Crippen LogP contribution in [0.1, 0.15) is 15.9 Å². The van der Waals surface area contributed by atoms with Crippen LogP contribution in [0.25, 0.3) is 16.8 Å². The second kappa shape index (κ2) is 10.3. The molecule has 0 bridgehead atoms. The number of thioether (sulfide) groups is 1. The molecule has 0 saturated carbocycles. The van der Waals surface area contributed by atoms with Crippen LogP contribution >= 0.6 is 11.8 Å². The number of morpholine rings is 1. The Hall–Kier alpha value is -3.95. The molecule has 3 aromatic carbocycles. The minimum Gasteiger partial charge on any atom is -0.422 e. The standard InChI is InChI=1S/C27H22N2O6S/c30-24(28-12-14-34-15-13-28)17-29-25(31)23(36-27(29)33)16-19-7-2-4-11-22(19)35-26(32)21-10-5-8-18-6-1-3-9-20(18)21/h1-11,16H,12-15,17H2/b23-16-. The van der Waals surface area contributed by atoms with E-state index in [0.29, 0.717) is 37.4 Å². The van der Waals surface area contributed by atoms with E-state index in [4.69, 9.17) is 9.47 Å². The summed E-state index contributed by atoms with van der Waals surface area (Å²) in [5.74, 6) is -1.13. The zero-order chi connectivity index (χ0) is 25.1. The van der Waals surface area contributed by atoms with E-state index >= 15 is 0 Å². The van der Waals surface area contributed by atoms with Crippen molar-refractivity contribution >= 4 is 51.6 Å². The first-order valence-corrected chi connectivity index (χ1v) is 12.2. The summed E-state index contributed by atoms with van der Waals surface area (Å²) in [5, 5.41) is 1.17. The molecule has 5 rings (SSSR count). The molecule has 2 fully saturated rings. The molecule has 9 heteroatoms. The number of esters is 1. The normalized spacial score (nSPS) is 17.2. The van der Waals surface area contributed by atoms with Crippen molar-refractivity contribution in [2.75, 3.05) is 32.8 Å². The lowest BCUT2D eigenvalue weighted by Crippen LogP contribution is -2.46. The number of carbonyl (C=O) groups excluding carboxylic acids is 4. The first kappa shape index (κ1) is 23.8. The highest BCUT2D eigenvalue weighted by Crippen LogP contribution is 2.34. The zero-order valence-corrected chi connectivity index (χ0v) is 20.0. The van der Waals surface area contributed by atoms with E-state index in [2.05, 4.69) is 0 Å². The maximum Gasteiger partial charge on any atom is 0.344 e. The van der Waals surface area contributed by atoms with E-state index in [9.17, 15) is 19.2 Å². The second-order valence-corrected chi connectivity index (χ2v) is 9.21. The third kappa shape index (κ3) is 4.89. The van der Waals surface area contributed by atoms with Gasteiger partial charge in [-0.15, -0.1) is 0 Å². The van der Waals surface area contributed by atoms with E-state index in [1.165, 1.54) is 6.08 Å².